The second kappa shape index (κ2) is 11.1. The van der Waals surface area contributed by atoms with Gasteiger partial charge >= 0.3 is 6.03 Å². The SMILES string of the molecule is COCCOCC(=O)N1CC=C(c2ccc(NC(=O)N3CC(c4cccnc4)C3)cc2)CC1. The zero-order valence-corrected chi connectivity index (χ0v) is 18.9. The van der Waals surface area contributed by atoms with E-state index in [4.69, 9.17) is 9.47 Å². The van der Waals surface area contributed by atoms with Gasteiger partial charge in [-0.2, -0.15) is 0 Å². The molecule has 8 nitrogen and oxygen atoms in total. The minimum absolute atomic E-state index is 0.00350. The summed E-state index contributed by atoms with van der Waals surface area (Å²) in [5.74, 6) is 0.352. The number of hydrogen-bond donors (Lipinski definition) is 1. The van der Waals surface area contributed by atoms with Crippen molar-refractivity contribution in [1.29, 1.82) is 0 Å². The highest BCUT2D eigenvalue weighted by molar-refractivity contribution is 5.90. The lowest BCUT2D eigenvalue weighted by Gasteiger charge is -2.39. The van der Waals surface area contributed by atoms with Crippen LogP contribution in [0, 0.1) is 0 Å². The van der Waals surface area contributed by atoms with Gasteiger partial charge < -0.3 is 24.6 Å². The van der Waals surface area contributed by atoms with Crippen molar-refractivity contribution in [2.24, 2.45) is 0 Å². The molecular formula is C25H30N4O4. The van der Waals surface area contributed by atoms with Crippen LogP contribution in [0.2, 0.25) is 0 Å². The maximum absolute atomic E-state index is 12.5. The number of carbonyl (C=O) groups excluding carboxylic acids is 2. The largest absolute Gasteiger partial charge is 0.382 e. The van der Waals surface area contributed by atoms with E-state index in [1.54, 1.807) is 23.1 Å². The van der Waals surface area contributed by atoms with E-state index in [-0.39, 0.29) is 18.5 Å². The Morgan fingerprint density at radius 3 is 2.61 bits per heavy atom. The summed E-state index contributed by atoms with van der Waals surface area (Å²) >= 11 is 0. The van der Waals surface area contributed by atoms with Crippen molar-refractivity contribution in [3.63, 3.8) is 0 Å². The van der Waals surface area contributed by atoms with Crippen LogP contribution >= 0.6 is 0 Å². The number of benzene rings is 1. The van der Waals surface area contributed by atoms with Crippen molar-refractivity contribution in [2.45, 2.75) is 12.3 Å². The molecule has 1 aromatic carbocycles. The first-order chi connectivity index (χ1) is 16.1. The molecule has 0 saturated carbocycles. The topological polar surface area (TPSA) is 84.0 Å². The van der Waals surface area contributed by atoms with Crippen molar-refractivity contribution in [1.82, 2.24) is 14.8 Å². The summed E-state index contributed by atoms with van der Waals surface area (Å²) in [5.41, 5.74) is 4.26. The molecule has 1 N–H and O–H groups in total. The van der Waals surface area contributed by atoms with Crippen LogP contribution in [-0.4, -0.2) is 79.8 Å². The molecule has 0 atom stereocenters. The Bertz CT molecular complexity index is 972. The Morgan fingerprint density at radius 2 is 1.94 bits per heavy atom. The van der Waals surface area contributed by atoms with Gasteiger partial charge in [0.2, 0.25) is 5.91 Å². The van der Waals surface area contributed by atoms with Gasteiger partial charge in [0.05, 0.1) is 13.2 Å². The third-order valence-corrected chi connectivity index (χ3v) is 6.05. The Labute approximate surface area is 194 Å². The maximum Gasteiger partial charge on any atom is 0.321 e. The van der Waals surface area contributed by atoms with Gasteiger partial charge in [-0.15, -0.1) is 0 Å². The number of nitrogens with one attached hydrogen (secondary N) is 1. The minimum Gasteiger partial charge on any atom is -0.382 e. The van der Waals surface area contributed by atoms with Crippen LogP contribution in [0.3, 0.4) is 0 Å². The van der Waals surface area contributed by atoms with Crippen LogP contribution < -0.4 is 5.32 Å². The number of carbonyl (C=O) groups is 2. The van der Waals surface area contributed by atoms with Crippen molar-refractivity contribution in [3.8, 4) is 0 Å². The number of amides is 3. The number of anilines is 1. The summed E-state index contributed by atoms with van der Waals surface area (Å²) in [5, 5.41) is 2.97. The highest BCUT2D eigenvalue weighted by Gasteiger charge is 2.31. The quantitative estimate of drug-likeness (QED) is 0.625. The first-order valence-electron chi connectivity index (χ1n) is 11.2. The zero-order chi connectivity index (χ0) is 23.0. The molecule has 2 aromatic rings. The maximum atomic E-state index is 12.5. The van der Waals surface area contributed by atoms with E-state index in [2.05, 4.69) is 22.4 Å². The zero-order valence-electron chi connectivity index (χ0n) is 18.9. The lowest BCUT2D eigenvalue weighted by molar-refractivity contribution is -0.136. The average molecular weight is 451 g/mol. The lowest BCUT2D eigenvalue weighted by Crippen LogP contribution is -2.50. The predicted octanol–water partition coefficient (Wildman–Crippen LogP) is 2.99. The van der Waals surface area contributed by atoms with Crippen molar-refractivity contribution < 1.29 is 19.1 Å². The molecule has 0 bridgehead atoms. The lowest BCUT2D eigenvalue weighted by atomic mass is 9.93. The molecule has 33 heavy (non-hydrogen) atoms. The van der Waals surface area contributed by atoms with E-state index >= 15 is 0 Å². The number of methoxy groups -OCH3 is 1. The molecule has 3 amide bonds. The summed E-state index contributed by atoms with van der Waals surface area (Å²) in [7, 11) is 1.61. The summed E-state index contributed by atoms with van der Waals surface area (Å²) in [6.07, 6.45) is 6.50. The van der Waals surface area contributed by atoms with Gasteiger partial charge in [-0.05, 0) is 41.3 Å². The molecule has 1 fully saturated rings. The number of aromatic nitrogens is 1. The van der Waals surface area contributed by atoms with E-state index in [0.29, 0.717) is 45.3 Å². The van der Waals surface area contributed by atoms with E-state index in [0.717, 1.165) is 17.7 Å². The van der Waals surface area contributed by atoms with Crippen LogP contribution in [0.15, 0.2) is 54.9 Å². The standard InChI is InChI=1S/C25H30N4O4/c1-32-13-14-33-18-24(30)28-11-8-20(9-12-28)19-4-6-23(7-5-19)27-25(31)29-16-22(17-29)21-3-2-10-26-15-21/h2-8,10,15,22H,9,11-14,16-18H2,1H3,(H,27,31). The van der Waals surface area contributed by atoms with Crippen LogP contribution in [0.4, 0.5) is 10.5 Å². The molecule has 3 heterocycles. The second-order valence-electron chi connectivity index (χ2n) is 8.26. The molecule has 0 aliphatic carbocycles. The highest BCUT2D eigenvalue weighted by atomic mass is 16.5. The first kappa shape index (κ1) is 22.9. The Kier molecular flexibility index (Phi) is 7.70. The second-order valence-corrected chi connectivity index (χ2v) is 8.26. The minimum atomic E-state index is -0.0818. The van der Waals surface area contributed by atoms with Gasteiger partial charge in [0.15, 0.2) is 0 Å². The number of likely N-dealkylation sites (tertiary alicyclic amines) is 1. The van der Waals surface area contributed by atoms with E-state index < -0.39 is 0 Å². The van der Waals surface area contributed by atoms with E-state index in [1.165, 1.54) is 11.1 Å². The van der Waals surface area contributed by atoms with Crippen LogP contribution in [0.5, 0.6) is 0 Å². The van der Waals surface area contributed by atoms with Crippen molar-refractivity contribution >= 4 is 23.2 Å². The normalized spacial score (nSPS) is 16.2. The van der Waals surface area contributed by atoms with Gasteiger partial charge in [-0.1, -0.05) is 24.3 Å². The smallest absolute Gasteiger partial charge is 0.321 e. The molecule has 0 spiro atoms. The molecular weight excluding hydrogens is 420 g/mol. The molecule has 4 rings (SSSR count). The van der Waals surface area contributed by atoms with Gasteiger partial charge in [-0.25, -0.2) is 4.79 Å². The Morgan fingerprint density at radius 1 is 1.12 bits per heavy atom. The molecule has 174 valence electrons. The van der Waals surface area contributed by atoms with Gasteiger partial charge in [0.1, 0.15) is 6.61 Å². The first-order valence-corrected chi connectivity index (χ1v) is 11.2. The third kappa shape index (κ3) is 5.97. The number of pyridine rings is 1. The number of ether oxygens (including phenoxy) is 2. The number of hydrogen-bond acceptors (Lipinski definition) is 5. The molecule has 1 aromatic heterocycles. The summed E-state index contributed by atoms with van der Waals surface area (Å²) < 4.78 is 10.2. The van der Waals surface area contributed by atoms with Crippen molar-refractivity contribution in [2.75, 3.05) is 58.4 Å². The van der Waals surface area contributed by atoms with Gasteiger partial charge in [0, 0.05) is 57.3 Å². The van der Waals surface area contributed by atoms with Crippen LogP contribution in [0.25, 0.3) is 5.57 Å². The molecule has 2 aliphatic rings. The highest BCUT2D eigenvalue weighted by Crippen LogP contribution is 2.28. The Hall–Kier alpha value is -3.23. The fraction of sp³-hybridized carbons (Fsp3) is 0.400. The third-order valence-electron chi connectivity index (χ3n) is 6.05. The summed E-state index contributed by atoms with van der Waals surface area (Å²) in [6, 6.07) is 11.8. The van der Waals surface area contributed by atoms with E-state index in [9.17, 15) is 9.59 Å². The fourth-order valence-corrected chi connectivity index (χ4v) is 3.99. The van der Waals surface area contributed by atoms with Gasteiger partial charge in [0.25, 0.3) is 0 Å². The molecule has 0 radical (unpaired) electrons. The predicted molar refractivity (Wildman–Crippen MR) is 126 cm³/mol. The van der Waals surface area contributed by atoms with Gasteiger partial charge in [-0.3, -0.25) is 9.78 Å². The number of nitrogens with zero attached hydrogens (tertiary/aromatic N) is 3. The molecule has 0 unspecified atom stereocenters. The van der Waals surface area contributed by atoms with Crippen molar-refractivity contribution in [3.05, 3.63) is 66.0 Å². The average Bonchev–Trinajstić information content (AvgIpc) is 2.82. The van der Waals surface area contributed by atoms with Crippen LogP contribution in [0.1, 0.15) is 23.5 Å². The monoisotopic (exact) mass is 450 g/mol. The summed E-state index contributed by atoms with van der Waals surface area (Å²) in [4.78, 5) is 32.5. The number of urea groups is 1. The van der Waals surface area contributed by atoms with E-state index in [1.807, 2.05) is 36.5 Å². The molecule has 8 heteroatoms. The van der Waals surface area contributed by atoms with Crippen LogP contribution in [-0.2, 0) is 14.3 Å². The number of rotatable bonds is 8. The fourth-order valence-electron chi connectivity index (χ4n) is 3.99. The molecule has 1 saturated heterocycles. The Balaban J connectivity index is 1.23. The molecule has 2 aliphatic heterocycles. The summed E-state index contributed by atoms with van der Waals surface area (Å²) in [6.45, 7) is 3.64.